The van der Waals surface area contributed by atoms with Gasteiger partial charge in [-0.1, -0.05) is 30.3 Å². The van der Waals surface area contributed by atoms with E-state index in [1.807, 2.05) is 34.9 Å². The van der Waals surface area contributed by atoms with E-state index in [1.165, 1.54) is 10.2 Å². The van der Waals surface area contributed by atoms with Gasteiger partial charge in [0.25, 0.3) is 0 Å². The van der Waals surface area contributed by atoms with Crippen molar-refractivity contribution in [1.29, 1.82) is 0 Å². The number of imidazole rings is 1. The summed E-state index contributed by atoms with van der Waals surface area (Å²) in [6.45, 7) is 1.61. The number of nitrogens with zero attached hydrogens (tertiary/aromatic N) is 6. The van der Waals surface area contributed by atoms with Gasteiger partial charge in [-0.05, 0) is 24.5 Å². The molecule has 0 amide bonds. The molecule has 0 saturated carbocycles. The Morgan fingerprint density at radius 2 is 1.64 bits per heavy atom. The molecule has 1 aliphatic heterocycles. The van der Waals surface area contributed by atoms with Gasteiger partial charge in [-0.15, -0.1) is 0 Å². The van der Waals surface area contributed by atoms with E-state index in [-0.39, 0.29) is 5.75 Å². The average molecular weight is 590 g/mol. The van der Waals surface area contributed by atoms with Crippen LogP contribution in [-0.4, -0.2) is 66.3 Å². The summed E-state index contributed by atoms with van der Waals surface area (Å²) in [5, 5.41) is 3.86. The Hall–Kier alpha value is -4.78. The molecule has 0 aliphatic carbocycles. The number of rotatable bonds is 10. The Morgan fingerprint density at radius 3 is 2.31 bits per heavy atom. The van der Waals surface area contributed by atoms with Crippen LogP contribution in [0.2, 0.25) is 0 Å². The highest BCUT2D eigenvalue weighted by molar-refractivity contribution is 7.89. The van der Waals surface area contributed by atoms with Crippen LogP contribution in [0.25, 0.3) is 16.7 Å². The lowest BCUT2D eigenvalue weighted by Crippen LogP contribution is -2.22. The molecule has 2 aromatic carbocycles. The fourth-order valence-corrected chi connectivity index (χ4v) is 6.48. The highest BCUT2D eigenvalue weighted by atomic mass is 32.2. The van der Waals surface area contributed by atoms with E-state index in [0.717, 1.165) is 31.6 Å². The fraction of sp³-hybridized carbons (Fsp3) is 0.276. The van der Waals surface area contributed by atoms with Crippen LogP contribution in [0, 0.1) is 0 Å². The minimum atomic E-state index is -3.75. The van der Waals surface area contributed by atoms with Crippen LogP contribution in [-0.2, 0) is 15.8 Å². The largest absolute Gasteiger partial charge is 0.493 e. The maximum absolute atomic E-state index is 13.5. The van der Waals surface area contributed by atoms with Crippen molar-refractivity contribution in [2.75, 3.05) is 44.6 Å². The molecule has 6 rings (SSSR count). The number of fused-ring (bicyclic) bond motifs is 1. The van der Waals surface area contributed by atoms with Crippen LogP contribution in [0.15, 0.2) is 67.3 Å². The van der Waals surface area contributed by atoms with Crippen molar-refractivity contribution >= 4 is 38.6 Å². The van der Waals surface area contributed by atoms with Gasteiger partial charge in [-0.3, -0.25) is 0 Å². The van der Waals surface area contributed by atoms with Crippen LogP contribution in [0.4, 0.5) is 17.6 Å². The summed E-state index contributed by atoms with van der Waals surface area (Å²) in [5.41, 5.74) is 1.76. The van der Waals surface area contributed by atoms with Gasteiger partial charge in [0.1, 0.15) is 18.0 Å². The van der Waals surface area contributed by atoms with Gasteiger partial charge in [0.15, 0.2) is 17.1 Å². The average Bonchev–Trinajstić information content (AvgIpc) is 3.78. The molecule has 1 aliphatic rings. The number of hydrogen-bond donors (Lipinski definition) is 1. The standard InChI is InChI=1S/C29H31N7O5S/c1-39-23-15-21(16-24(40-2)26(23)41-3)35-17-25(30-19-35)31-27-22-11-14-36(42(37,38)18-20-9-5-4-6-10-20)28(22)33-29(32-27)34-12-7-8-13-34/h4-6,9-11,14-17,19H,7-8,12-13,18H2,1-3H3,(H,31,32,33). The zero-order valence-corrected chi connectivity index (χ0v) is 24.3. The van der Waals surface area contributed by atoms with Crippen molar-refractivity contribution in [2.45, 2.75) is 18.6 Å². The van der Waals surface area contributed by atoms with Gasteiger partial charge < -0.3 is 29.0 Å². The maximum Gasteiger partial charge on any atom is 0.244 e. The third-order valence-corrected chi connectivity index (χ3v) is 8.75. The SMILES string of the molecule is COc1cc(-n2cnc(Nc3nc(N4CCCC4)nc4c3ccn4S(=O)(=O)Cc3ccccc3)c2)cc(OC)c1OC. The van der Waals surface area contributed by atoms with Crippen molar-refractivity contribution in [1.82, 2.24) is 23.5 Å². The van der Waals surface area contributed by atoms with E-state index in [2.05, 4.69) is 15.2 Å². The first-order chi connectivity index (χ1) is 20.4. The van der Waals surface area contributed by atoms with Crippen molar-refractivity contribution in [3.8, 4) is 22.9 Å². The molecule has 0 spiro atoms. The number of hydrogen-bond acceptors (Lipinski definition) is 10. The summed E-state index contributed by atoms with van der Waals surface area (Å²) >= 11 is 0. The Morgan fingerprint density at radius 1 is 0.929 bits per heavy atom. The smallest absolute Gasteiger partial charge is 0.244 e. The number of methoxy groups -OCH3 is 3. The van der Waals surface area contributed by atoms with Crippen LogP contribution >= 0.6 is 0 Å². The molecule has 1 saturated heterocycles. The lowest BCUT2D eigenvalue weighted by Gasteiger charge is -2.17. The van der Waals surface area contributed by atoms with Crippen LogP contribution in [0.3, 0.4) is 0 Å². The maximum atomic E-state index is 13.5. The predicted octanol–water partition coefficient (Wildman–Crippen LogP) is 4.36. The Labute approximate surface area is 243 Å². The third kappa shape index (κ3) is 5.18. The van der Waals surface area contributed by atoms with Crippen LogP contribution < -0.4 is 24.4 Å². The van der Waals surface area contributed by atoms with Crippen molar-refractivity contribution in [2.24, 2.45) is 0 Å². The van der Waals surface area contributed by atoms with E-state index in [1.54, 1.807) is 52.1 Å². The van der Waals surface area contributed by atoms with Crippen LogP contribution in [0.5, 0.6) is 17.2 Å². The molecule has 5 aromatic rings. The molecule has 12 nitrogen and oxygen atoms in total. The summed E-state index contributed by atoms with van der Waals surface area (Å²) < 4.78 is 46.5. The topological polar surface area (TPSA) is 126 Å². The van der Waals surface area contributed by atoms with Gasteiger partial charge in [0.05, 0.1) is 44.4 Å². The van der Waals surface area contributed by atoms with E-state index < -0.39 is 10.0 Å². The number of benzene rings is 2. The quantitative estimate of drug-likeness (QED) is 0.251. The molecule has 0 radical (unpaired) electrons. The van der Waals surface area contributed by atoms with Crippen LogP contribution in [0.1, 0.15) is 18.4 Å². The normalized spacial score (nSPS) is 13.5. The van der Waals surface area contributed by atoms with Crippen molar-refractivity contribution in [3.63, 3.8) is 0 Å². The number of anilines is 3. The molecular formula is C29H31N7O5S. The lowest BCUT2D eigenvalue weighted by atomic mass is 10.2. The van der Waals surface area contributed by atoms with E-state index in [9.17, 15) is 8.42 Å². The van der Waals surface area contributed by atoms with Gasteiger partial charge in [-0.25, -0.2) is 17.4 Å². The monoisotopic (exact) mass is 589 g/mol. The molecule has 0 unspecified atom stereocenters. The molecule has 1 N–H and O–H groups in total. The molecule has 4 heterocycles. The zero-order chi connectivity index (χ0) is 29.3. The van der Waals surface area contributed by atoms with Gasteiger partial charge >= 0.3 is 0 Å². The molecule has 42 heavy (non-hydrogen) atoms. The summed E-state index contributed by atoms with van der Waals surface area (Å²) in [4.78, 5) is 16.1. The van der Waals surface area contributed by atoms with E-state index in [0.29, 0.717) is 51.4 Å². The summed E-state index contributed by atoms with van der Waals surface area (Å²) in [6.07, 6.45) is 7.03. The molecule has 1 fully saturated rings. The van der Waals surface area contributed by atoms with Gasteiger partial charge in [0.2, 0.25) is 21.7 Å². The van der Waals surface area contributed by atoms with Crippen molar-refractivity contribution in [3.05, 3.63) is 72.8 Å². The highest BCUT2D eigenvalue weighted by Gasteiger charge is 2.24. The first kappa shape index (κ1) is 27.4. The van der Waals surface area contributed by atoms with Crippen molar-refractivity contribution < 1.29 is 22.6 Å². The van der Waals surface area contributed by atoms with Gasteiger partial charge in [0, 0.05) is 31.4 Å². The highest BCUT2D eigenvalue weighted by Crippen LogP contribution is 2.39. The third-order valence-electron chi connectivity index (χ3n) is 7.16. The van der Waals surface area contributed by atoms with E-state index >= 15 is 0 Å². The summed E-state index contributed by atoms with van der Waals surface area (Å²) in [7, 11) is 0.927. The number of aromatic nitrogens is 5. The Kier molecular flexibility index (Phi) is 7.33. The Bertz CT molecular complexity index is 1800. The second kappa shape index (κ2) is 11.2. The molecule has 3 aromatic heterocycles. The molecule has 218 valence electrons. The minimum absolute atomic E-state index is 0.150. The fourth-order valence-electron chi connectivity index (χ4n) is 5.08. The summed E-state index contributed by atoms with van der Waals surface area (Å²) in [5.74, 6) is 2.82. The predicted molar refractivity (Wildman–Crippen MR) is 160 cm³/mol. The molecular weight excluding hydrogens is 558 g/mol. The van der Waals surface area contributed by atoms with Gasteiger partial charge in [-0.2, -0.15) is 9.97 Å². The Balaban J connectivity index is 1.38. The number of nitrogens with one attached hydrogen (secondary N) is 1. The summed E-state index contributed by atoms with van der Waals surface area (Å²) in [6, 6.07) is 14.5. The number of ether oxygens (including phenoxy) is 3. The molecule has 0 bridgehead atoms. The minimum Gasteiger partial charge on any atom is -0.493 e. The first-order valence-electron chi connectivity index (χ1n) is 13.4. The second-order valence-corrected chi connectivity index (χ2v) is 11.7. The molecule has 0 atom stereocenters. The lowest BCUT2D eigenvalue weighted by molar-refractivity contribution is 0.324. The zero-order valence-electron chi connectivity index (χ0n) is 23.5. The first-order valence-corrected chi connectivity index (χ1v) is 15.0. The second-order valence-electron chi connectivity index (χ2n) is 9.83. The molecule has 13 heteroatoms. The van der Waals surface area contributed by atoms with E-state index in [4.69, 9.17) is 24.2 Å².